The first-order valence-electron chi connectivity index (χ1n) is 7.20. The van der Waals surface area contributed by atoms with Gasteiger partial charge >= 0.3 is 6.03 Å². The lowest BCUT2D eigenvalue weighted by Gasteiger charge is -2.21. The number of nitrogens with zero attached hydrogens (tertiary/aromatic N) is 2. The van der Waals surface area contributed by atoms with E-state index in [1.807, 2.05) is 4.90 Å². The fourth-order valence-corrected chi connectivity index (χ4v) is 3.52. The van der Waals surface area contributed by atoms with Crippen LogP contribution in [0.5, 0.6) is 0 Å². The third-order valence-electron chi connectivity index (χ3n) is 4.61. The Hall–Kier alpha value is -0.810. The highest BCUT2D eigenvalue weighted by Gasteiger charge is 2.37. The van der Waals surface area contributed by atoms with Gasteiger partial charge in [-0.15, -0.1) is 0 Å². The quantitative estimate of drug-likeness (QED) is 0.748. The highest BCUT2D eigenvalue weighted by Crippen LogP contribution is 2.22. The smallest absolute Gasteiger partial charge is 0.317 e. The summed E-state index contributed by atoms with van der Waals surface area (Å²) in [4.78, 5) is 16.3. The molecule has 3 rings (SSSR count). The molecule has 0 aromatic heterocycles. The van der Waals surface area contributed by atoms with E-state index in [1.54, 1.807) is 0 Å². The van der Waals surface area contributed by atoms with Crippen LogP contribution in [-0.4, -0.2) is 67.7 Å². The van der Waals surface area contributed by atoms with Gasteiger partial charge in [-0.3, -0.25) is 0 Å². The fourth-order valence-electron chi connectivity index (χ4n) is 3.52. The average Bonchev–Trinajstić information content (AvgIpc) is 3.03. The molecule has 18 heavy (non-hydrogen) atoms. The zero-order valence-corrected chi connectivity index (χ0v) is 11.2. The second kappa shape index (κ2) is 5.05. The molecule has 2 amide bonds. The van der Waals surface area contributed by atoms with Gasteiger partial charge in [-0.2, -0.15) is 0 Å². The van der Waals surface area contributed by atoms with Crippen molar-refractivity contribution < 1.29 is 4.79 Å². The highest BCUT2D eigenvalue weighted by atomic mass is 16.2. The predicted octanol–water partition coefficient (Wildman–Crippen LogP) is 0.0839. The van der Waals surface area contributed by atoms with Gasteiger partial charge in [-0.1, -0.05) is 0 Å². The van der Waals surface area contributed by atoms with Gasteiger partial charge in [-0.25, -0.2) is 4.79 Å². The summed E-state index contributed by atoms with van der Waals surface area (Å²) >= 11 is 0. The number of nitrogens with one attached hydrogen (secondary N) is 2. The molecule has 3 atom stereocenters. The maximum atomic E-state index is 12.0. The number of rotatable bonds is 3. The van der Waals surface area contributed by atoms with Crippen molar-refractivity contribution in [2.45, 2.75) is 31.3 Å². The second-order valence-corrected chi connectivity index (χ2v) is 6.07. The van der Waals surface area contributed by atoms with E-state index in [0.29, 0.717) is 18.0 Å². The minimum Gasteiger partial charge on any atom is -0.333 e. The number of hydrogen-bond acceptors (Lipinski definition) is 3. The Labute approximate surface area is 109 Å². The summed E-state index contributed by atoms with van der Waals surface area (Å²) in [5.41, 5.74) is 0. The van der Waals surface area contributed by atoms with Crippen molar-refractivity contribution >= 4 is 6.03 Å². The van der Waals surface area contributed by atoms with E-state index in [2.05, 4.69) is 22.6 Å². The van der Waals surface area contributed by atoms with E-state index in [9.17, 15) is 4.79 Å². The summed E-state index contributed by atoms with van der Waals surface area (Å²) in [6.07, 6.45) is 3.68. The van der Waals surface area contributed by atoms with Crippen LogP contribution in [0.3, 0.4) is 0 Å². The van der Waals surface area contributed by atoms with Gasteiger partial charge in [0.15, 0.2) is 0 Å². The minimum atomic E-state index is 0.142. The van der Waals surface area contributed by atoms with Crippen LogP contribution in [-0.2, 0) is 0 Å². The van der Waals surface area contributed by atoms with E-state index >= 15 is 0 Å². The van der Waals surface area contributed by atoms with E-state index in [4.69, 9.17) is 0 Å². The van der Waals surface area contributed by atoms with E-state index in [-0.39, 0.29) is 6.03 Å². The van der Waals surface area contributed by atoms with Crippen LogP contribution in [0.25, 0.3) is 0 Å². The van der Waals surface area contributed by atoms with Crippen molar-refractivity contribution in [1.29, 1.82) is 0 Å². The Morgan fingerprint density at radius 3 is 2.89 bits per heavy atom. The Kier molecular flexibility index (Phi) is 3.43. The van der Waals surface area contributed by atoms with Gasteiger partial charge in [0, 0.05) is 25.7 Å². The topological polar surface area (TPSA) is 47.6 Å². The molecular formula is C13H24N4O. The SMILES string of the molecule is CN1CCC(C2CN(CC3CCCN3)C(=O)N2)C1. The molecule has 0 aromatic carbocycles. The summed E-state index contributed by atoms with van der Waals surface area (Å²) in [5, 5.41) is 6.64. The summed E-state index contributed by atoms with van der Waals surface area (Å²) in [6, 6.07) is 1.02. The Balaban J connectivity index is 1.53. The molecular weight excluding hydrogens is 228 g/mol. The van der Waals surface area contributed by atoms with Gasteiger partial charge in [-0.05, 0) is 45.3 Å². The van der Waals surface area contributed by atoms with Crippen LogP contribution >= 0.6 is 0 Å². The molecule has 3 unspecified atom stereocenters. The molecule has 3 fully saturated rings. The van der Waals surface area contributed by atoms with Gasteiger partial charge in [0.2, 0.25) is 0 Å². The summed E-state index contributed by atoms with van der Waals surface area (Å²) in [5.74, 6) is 0.639. The van der Waals surface area contributed by atoms with Gasteiger partial charge in [0.05, 0.1) is 6.04 Å². The molecule has 0 saturated carbocycles. The van der Waals surface area contributed by atoms with Crippen LogP contribution in [0.4, 0.5) is 4.79 Å². The molecule has 5 nitrogen and oxygen atoms in total. The number of carbonyl (C=O) groups excluding carboxylic acids is 1. The third kappa shape index (κ3) is 2.47. The van der Waals surface area contributed by atoms with Crippen LogP contribution in [0.2, 0.25) is 0 Å². The van der Waals surface area contributed by atoms with Gasteiger partial charge in [0.1, 0.15) is 0 Å². The first-order valence-corrected chi connectivity index (χ1v) is 7.20. The average molecular weight is 252 g/mol. The molecule has 3 aliphatic rings. The second-order valence-electron chi connectivity index (χ2n) is 6.07. The molecule has 3 aliphatic heterocycles. The van der Waals surface area contributed by atoms with Crippen LogP contribution < -0.4 is 10.6 Å². The molecule has 3 saturated heterocycles. The molecule has 3 heterocycles. The van der Waals surface area contributed by atoms with Gasteiger partial charge in [0.25, 0.3) is 0 Å². The standard InChI is InChI=1S/C13H24N4O/c1-16-6-4-10(7-16)12-9-17(13(18)15-12)8-11-3-2-5-14-11/h10-12,14H,2-9H2,1H3,(H,15,18). The largest absolute Gasteiger partial charge is 0.333 e. The number of urea groups is 1. The fraction of sp³-hybridized carbons (Fsp3) is 0.923. The van der Waals surface area contributed by atoms with Crippen LogP contribution in [0.1, 0.15) is 19.3 Å². The number of likely N-dealkylation sites (tertiary alicyclic amines) is 1. The van der Waals surface area contributed by atoms with Crippen LogP contribution in [0.15, 0.2) is 0 Å². The molecule has 2 N–H and O–H groups in total. The summed E-state index contributed by atoms with van der Waals surface area (Å²) in [6.45, 7) is 5.18. The first-order chi connectivity index (χ1) is 8.72. The number of hydrogen-bond donors (Lipinski definition) is 2. The molecule has 0 spiro atoms. The van der Waals surface area contributed by atoms with Crippen molar-refractivity contribution in [3.05, 3.63) is 0 Å². The number of amides is 2. The first kappa shape index (κ1) is 12.2. The van der Waals surface area contributed by atoms with E-state index < -0.39 is 0 Å². The summed E-state index contributed by atoms with van der Waals surface area (Å²) < 4.78 is 0. The molecule has 102 valence electrons. The Bertz CT molecular complexity index is 316. The zero-order chi connectivity index (χ0) is 12.5. The van der Waals surface area contributed by atoms with Crippen molar-refractivity contribution in [2.75, 3.05) is 39.8 Å². The maximum absolute atomic E-state index is 12.0. The maximum Gasteiger partial charge on any atom is 0.317 e. The molecule has 0 radical (unpaired) electrons. The van der Waals surface area contributed by atoms with Crippen molar-refractivity contribution in [2.24, 2.45) is 5.92 Å². The lowest BCUT2D eigenvalue weighted by Crippen LogP contribution is -2.39. The molecule has 5 heteroatoms. The van der Waals surface area contributed by atoms with E-state index in [0.717, 1.165) is 26.2 Å². The van der Waals surface area contributed by atoms with Crippen molar-refractivity contribution in [3.63, 3.8) is 0 Å². The lowest BCUT2D eigenvalue weighted by atomic mass is 10.00. The third-order valence-corrected chi connectivity index (χ3v) is 4.61. The normalized spacial score (nSPS) is 37.5. The van der Waals surface area contributed by atoms with Crippen molar-refractivity contribution in [1.82, 2.24) is 20.4 Å². The number of carbonyl (C=O) groups is 1. The molecule has 0 bridgehead atoms. The lowest BCUT2D eigenvalue weighted by molar-refractivity contribution is 0.213. The Morgan fingerprint density at radius 2 is 2.22 bits per heavy atom. The van der Waals surface area contributed by atoms with Crippen LogP contribution in [0, 0.1) is 5.92 Å². The predicted molar refractivity (Wildman–Crippen MR) is 70.5 cm³/mol. The zero-order valence-electron chi connectivity index (χ0n) is 11.2. The monoisotopic (exact) mass is 252 g/mol. The minimum absolute atomic E-state index is 0.142. The van der Waals surface area contributed by atoms with Crippen molar-refractivity contribution in [3.8, 4) is 0 Å². The van der Waals surface area contributed by atoms with Gasteiger partial charge < -0.3 is 20.4 Å². The highest BCUT2D eigenvalue weighted by molar-refractivity contribution is 5.77. The summed E-state index contributed by atoms with van der Waals surface area (Å²) in [7, 11) is 2.16. The van der Waals surface area contributed by atoms with E-state index in [1.165, 1.54) is 25.8 Å². The molecule has 0 aromatic rings. The molecule has 0 aliphatic carbocycles. The Morgan fingerprint density at radius 1 is 1.33 bits per heavy atom.